The third kappa shape index (κ3) is 5.84. The van der Waals surface area contributed by atoms with E-state index in [1.165, 1.54) is 11.3 Å². The van der Waals surface area contributed by atoms with Crippen LogP contribution >= 0.6 is 23.7 Å². The van der Waals surface area contributed by atoms with Crippen LogP contribution in [0, 0.1) is 6.92 Å². The Morgan fingerprint density at radius 2 is 2.03 bits per heavy atom. The number of aromatic nitrogens is 3. The van der Waals surface area contributed by atoms with Crippen molar-refractivity contribution in [2.75, 3.05) is 51.4 Å². The predicted octanol–water partition coefficient (Wildman–Crippen LogP) is 4.18. The lowest BCUT2D eigenvalue weighted by atomic mass is 10.3. The van der Waals surface area contributed by atoms with Crippen molar-refractivity contribution in [1.29, 1.82) is 0 Å². The monoisotopic (exact) mass is 493 g/mol. The van der Waals surface area contributed by atoms with E-state index >= 15 is 0 Å². The Kier molecular flexibility index (Phi) is 8.69. The van der Waals surface area contributed by atoms with Gasteiger partial charge in [-0.05, 0) is 45.4 Å². The van der Waals surface area contributed by atoms with Crippen molar-refractivity contribution in [2.24, 2.45) is 0 Å². The lowest BCUT2D eigenvalue weighted by molar-refractivity contribution is 0.0376. The maximum absolute atomic E-state index is 13.6. The summed E-state index contributed by atoms with van der Waals surface area (Å²) in [5, 5.41) is 5.28. The number of thiazole rings is 1. The Balaban J connectivity index is 0.00000306. The summed E-state index contributed by atoms with van der Waals surface area (Å²) in [6, 6.07) is 7.88. The number of benzene rings is 1. The summed E-state index contributed by atoms with van der Waals surface area (Å²) in [7, 11) is 1.64. The number of carbonyl (C=O) groups excluding carboxylic acids is 1. The number of anilines is 1. The summed E-state index contributed by atoms with van der Waals surface area (Å²) >= 11 is 1.52. The molecule has 33 heavy (non-hydrogen) atoms. The number of aryl methyl sites for hydroxylation is 1. The Bertz CT molecular complexity index is 1080. The number of morpholine rings is 1. The zero-order valence-corrected chi connectivity index (χ0v) is 21.2. The van der Waals surface area contributed by atoms with E-state index in [0.29, 0.717) is 17.4 Å². The van der Waals surface area contributed by atoms with Crippen LogP contribution in [0.4, 0.5) is 5.13 Å². The minimum atomic E-state index is -0.111. The molecule has 0 radical (unpaired) electrons. The van der Waals surface area contributed by atoms with Crippen LogP contribution in [-0.2, 0) is 4.74 Å². The fourth-order valence-corrected chi connectivity index (χ4v) is 4.92. The minimum absolute atomic E-state index is 0. The first kappa shape index (κ1) is 25.4. The highest BCUT2D eigenvalue weighted by Crippen LogP contribution is 2.32. The maximum atomic E-state index is 13.6. The molecule has 1 amide bonds. The average molecular weight is 494 g/mol. The predicted molar refractivity (Wildman–Crippen MR) is 134 cm³/mol. The molecule has 1 fully saturated rings. The summed E-state index contributed by atoms with van der Waals surface area (Å²) < 4.78 is 13.7. The van der Waals surface area contributed by atoms with E-state index in [1.54, 1.807) is 12.0 Å². The van der Waals surface area contributed by atoms with Crippen LogP contribution in [0.1, 0.15) is 42.5 Å². The molecular formula is C23H32ClN5O3S. The Labute approximate surface area is 204 Å². The zero-order valence-electron chi connectivity index (χ0n) is 19.6. The summed E-state index contributed by atoms with van der Waals surface area (Å²) in [6.07, 6.45) is 0.856. The lowest BCUT2D eigenvalue weighted by Gasteiger charge is -2.27. The highest BCUT2D eigenvalue weighted by molar-refractivity contribution is 7.22. The molecule has 10 heteroatoms. The largest absolute Gasteiger partial charge is 0.497 e. The topological polar surface area (TPSA) is 72.7 Å². The lowest BCUT2D eigenvalue weighted by Crippen LogP contribution is -2.39. The number of fused-ring (bicyclic) bond motifs is 1. The summed E-state index contributed by atoms with van der Waals surface area (Å²) in [4.78, 5) is 22.5. The molecule has 8 nitrogen and oxygen atoms in total. The van der Waals surface area contributed by atoms with Crippen molar-refractivity contribution in [1.82, 2.24) is 19.7 Å². The van der Waals surface area contributed by atoms with Gasteiger partial charge in [0.25, 0.3) is 5.91 Å². The number of nitrogens with zero attached hydrogens (tertiary/aromatic N) is 5. The second-order valence-electron chi connectivity index (χ2n) is 8.30. The number of amides is 1. The first-order valence-corrected chi connectivity index (χ1v) is 11.9. The van der Waals surface area contributed by atoms with Crippen molar-refractivity contribution < 1.29 is 14.3 Å². The molecule has 1 aromatic carbocycles. The molecule has 180 valence electrons. The van der Waals surface area contributed by atoms with Crippen LogP contribution in [0.2, 0.25) is 0 Å². The van der Waals surface area contributed by atoms with E-state index in [4.69, 9.17) is 14.5 Å². The Morgan fingerprint density at radius 3 is 2.70 bits per heavy atom. The average Bonchev–Trinajstić information content (AvgIpc) is 3.39. The highest BCUT2D eigenvalue weighted by atomic mass is 35.5. The smallest absolute Gasteiger partial charge is 0.280 e. The van der Waals surface area contributed by atoms with Crippen LogP contribution in [0.5, 0.6) is 5.75 Å². The number of methoxy groups -OCH3 is 1. The van der Waals surface area contributed by atoms with Gasteiger partial charge in [0.1, 0.15) is 5.75 Å². The van der Waals surface area contributed by atoms with Crippen molar-refractivity contribution in [2.45, 2.75) is 33.2 Å². The van der Waals surface area contributed by atoms with E-state index in [-0.39, 0.29) is 24.4 Å². The van der Waals surface area contributed by atoms with Gasteiger partial charge >= 0.3 is 0 Å². The van der Waals surface area contributed by atoms with Gasteiger partial charge in [0, 0.05) is 44.0 Å². The summed E-state index contributed by atoms with van der Waals surface area (Å²) in [5.74, 6) is 0.645. The molecule has 0 bridgehead atoms. The standard InChI is InChI=1S/C23H31N5O3S.ClH/c1-16(2)28-17(3)14-20(25-28)22(29)27(9-5-8-26-10-12-31-13-11-26)23-24-19-15-18(30-4)6-7-21(19)32-23;/h6-7,14-16H,5,8-13H2,1-4H3;1H. The van der Waals surface area contributed by atoms with Crippen molar-refractivity contribution >= 4 is 45.0 Å². The molecule has 0 unspecified atom stereocenters. The fraction of sp³-hybridized carbons (Fsp3) is 0.522. The van der Waals surface area contributed by atoms with Gasteiger partial charge in [-0.15, -0.1) is 12.4 Å². The molecule has 3 heterocycles. The molecule has 0 saturated carbocycles. The molecule has 1 saturated heterocycles. The fourth-order valence-electron chi connectivity index (χ4n) is 3.95. The van der Waals surface area contributed by atoms with Crippen LogP contribution in [0.15, 0.2) is 24.3 Å². The van der Waals surface area contributed by atoms with Gasteiger partial charge < -0.3 is 9.47 Å². The normalized spacial score (nSPS) is 14.5. The molecule has 4 rings (SSSR count). The number of rotatable bonds is 8. The Hall–Kier alpha value is -2.20. The SMILES string of the molecule is COc1ccc2sc(N(CCCN3CCOCC3)C(=O)c3cc(C)n(C(C)C)n3)nc2c1.Cl. The second kappa shape index (κ2) is 11.3. The van der Waals surface area contributed by atoms with Crippen LogP contribution in [-0.4, -0.2) is 72.1 Å². The molecule has 0 atom stereocenters. The first-order valence-electron chi connectivity index (χ1n) is 11.1. The third-order valence-electron chi connectivity index (χ3n) is 5.65. The van der Waals surface area contributed by atoms with Crippen molar-refractivity contribution in [3.05, 3.63) is 35.7 Å². The molecule has 1 aliphatic heterocycles. The first-order chi connectivity index (χ1) is 15.5. The molecule has 1 aliphatic rings. The van der Waals surface area contributed by atoms with Gasteiger partial charge in [-0.25, -0.2) is 4.98 Å². The van der Waals surface area contributed by atoms with Crippen molar-refractivity contribution in [3.63, 3.8) is 0 Å². The molecule has 3 aromatic rings. The number of ether oxygens (including phenoxy) is 2. The maximum Gasteiger partial charge on any atom is 0.280 e. The molecule has 0 N–H and O–H groups in total. The van der Waals surface area contributed by atoms with Gasteiger partial charge in [-0.3, -0.25) is 19.3 Å². The van der Waals surface area contributed by atoms with Crippen LogP contribution < -0.4 is 9.64 Å². The Morgan fingerprint density at radius 1 is 1.27 bits per heavy atom. The molecule has 0 aliphatic carbocycles. The van der Waals surface area contributed by atoms with E-state index in [0.717, 1.165) is 60.9 Å². The van der Waals surface area contributed by atoms with E-state index in [2.05, 4.69) is 23.8 Å². The quantitative estimate of drug-likeness (QED) is 0.468. The van der Waals surface area contributed by atoms with Crippen molar-refractivity contribution in [3.8, 4) is 5.75 Å². The number of hydrogen-bond donors (Lipinski definition) is 0. The van der Waals surface area contributed by atoms with Crippen LogP contribution in [0.3, 0.4) is 0 Å². The number of hydrogen-bond acceptors (Lipinski definition) is 7. The second-order valence-corrected chi connectivity index (χ2v) is 9.31. The van der Waals surface area contributed by atoms with Gasteiger partial charge in [0.05, 0.1) is 30.5 Å². The number of carbonyl (C=O) groups is 1. The van der Waals surface area contributed by atoms with Crippen LogP contribution in [0.25, 0.3) is 10.2 Å². The van der Waals surface area contributed by atoms with E-state index in [1.807, 2.05) is 35.9 Å². The van der Waals surface area contributed by atoms with E-state index in [9.17, 15) is 4.79 Å². The zero-order chi connectivity index (χ0) is 22.7. The minimum Gasteiger partial charge on any atom is -0.497 e. The summed E-state index contributed by atoms with van der Waals surface area (Å²) in [5.41, 5.74) is 2.27. The van der Waals surface area contributed by atoms with Gasteiger partial charge in [-0.2, -0.15) is 5.10 Å². The van der Waals surface area contributed by atoms with E-state index < -0.39 is 0 Å². The van der Waals surface area contributed by atoms with Gasteiger partial charge in [0.2, 0.25) is 0 Å². The highest BCUT2D eigenvalue weighted by Gasteiger charge is 2.25. The molecular weight excluding hydrogens is 462 g/mol. The van der Waals surface area contributed by atoms with Gasteiger partial charge in [-0.1, -0.05) is 11.3 Å². The molecule has 0 spiro atoms. The third-order valence-corrected chi connectivity index (χ3v) is 6.71. The molecule has 2 aromatic heterocycles. The summed E-state index contributed by atoms with van der Waals surface area (Å²) in [6.45, 7) is 11.0. The van der Waals surface area contributed by atoms with Gasteiger partial charge in [0.15, 0.2) is 10.8 Å². The number of halogens is 1.